The average Bonchev–Trinajstić information content (AvgIpc) is 3.60. The molecule has 11 nitrogen and oxygen atoms in total. The number of ether oxygens (including phenoxy) is 3. The van der Waals surface area contributed by atoms with Crippen LogP contribution in [0.2, 0.25) is 0 Å². The zero-order valence-electron chi connectivity index (χ0n) is 25.5. The van der Waals surface area contributed by atoms with Crippen LogP contribution in [0.25, 0.3) is 0 Å². The molecule has 3 heterocycles. The molecule has 3 aliphatic rings. The highest BCUT2D eigenvalue weighted by Crippen LogP contribution is 2.38. The van der Waals surface area contributed by atoms with E-state index in [1.807, 2.05) is 78.9 Å². The molecule has 0 aliphatic carbocycles. The molecule has 3 N–H and O–H groups in total. The van der Waals surface area contributed by atoms with Crippen LogP contribution in [0.1, 0.15) is 59.5 Å². The number of aliphatic hydroxyl groups excluding tert-OH is 2. The monoisotopic (exact) mass is 629 g/mol. The van der Waals surface area contributed by atoms with E-state index in [2.05, 4.69) is 10.2 Å². The average molecular weight is 630 g/mol. The third-order valence-electron chi connectivity index (χ3n) is 8.67. The van der Waals surface area contributed by atoms with Gasteiger partial charge in [-0.05, 0) is 28.7 Å². The summed E-state index contributed by atoms with van der Waals surface area (Å²) in [4.78, 5) is 41.4. The summed E-state index contributed by atoms with van der Waals surface area (Å²) in [5, 5.41) is 22.0. The van der Waals surface area contributed by atoms with Gasteiger partial charge in [0.05, 0.1) is 37.9 Å². The number of hydrogen-bond acceptors (Lipinski definition) is 9. The van der Waals surface area contributed by atoms with Gasteiger partial charge in [-0.1, -0.05) is 78.9 Å². The number of nitrogens with one attached hydrogen (secondary N) is 1. The molecule has 11 heteroatoms. The quantitative estimate of drug-likeness (QED) is 0.288. The highest BCUT2D eigenvalue weighted by atomic mass is 16.7. The Hall–Kier alpha value is -4.13. The molecule has 1 unspecified atom stereocenters. The van der Waals surface area contributed by atoms with E-state index in [1.165, 1.54) is 0 Å². The zero-order valence-corrected chi connectivity index (χ0v) is 25.5. The van der Waals surface area contributed by atoms with E-state index in [-0.39, 0.29) is 50.4 Å². The minimum Gasteiger partial charge on any atom is -0.445 e. The lowest BCUT2D eigenvalue weighted by molar-refractivity contribution is -0.252. The van der Waals surface area contributed by atoms with Gasteiger partial charge >= 0.3 is 6.09 Å². The summed E-state index contributed by atoms with van der Waals surface area (Å²) >= 11 is 0. The van der Waals surface area contributed by atoms with Crippen molar-refractivity contribution < 1.29 is 38.8 Å². The van der Waals surface area contributed by atoms with Crippen LogP contribution in [0.15, 0.2) is 78.9 Å². The summed E-state index contributed by atoms with van der Waals surface area (Å²) in [6.45, 7) is 2.21. The van der Waals surface area contributed by atoms with Crippen molar-refractivity contribution in [3.05, 3.63) is 107 Å². The summed E-state index contributed by atoms with van der Waals surface area (Å²) < 4.78 is 18.1. The Morgan fingerprint density at radius 1 is 0.913 bits per heavy atom. The first-order chi connectivity index (χ1) is 22.3. The Labute approximate surface area is 267 Å². The number of β-amino-alcohol motifs (C(OH)–C–C–N with tert-alkyl or cyclic N) is 1. The Balaban J connectivity index is 1.08. The Bertz CT molecular complexity index is 1500. The van der Waals surface area contributed by atoms with Crippen LogP contribution in [0.4, 0.5) is 4.79 Å². The highest BCUT2D eigenvalue weighted by molar-refractivity contribution is 6.06. The zero-order chi connectivity index (χ0) is 32.0. The molecule has 3 fully saturated rings. The van der Waals surface area contributed by atoms with Gasteiger partial charge in [-0.25, -0.2) is 4.79 Å². The van der Waals surface area contributed by atoms with E-state index >= 15 is 0 Å². The number of aliphatic hydroxyl groups is 2. The van der Waals surface area contributed by atoms with Crippen LogP contribution >= 0.6 is 0 Å². The maximum atomic E-state index is 13.0. The highest BCUT2D eigenvalue weighted by Gasteiger charge is 2.40. The first-order valence-corrected chi connectivity index (χ1v) is 15.7. The molecule has 0 spiro atoms. The van der Waals surface area contributed by atoms with Gasteiger partial charge in [-0.3, -0.25) is 19.4 Å². The fraction of sp³-hybridized carbons (Fsp3) is 0.400. The number of nitrogens with zero attached hydrogens (tertiary/aromatic N) is 2. The van der Waals surface area contributed by atoms with E-state index < -0.39 is 24.3 Å². The second-order valence-corrected chi connectivity index (χ2v) is 12.1. The molecule has 3 aromatic rings. The normalized spacial score (nSPS) is 25.2. The van der Waals surface area contributed by atoms with E-state index in [0.29, 0.717) is 19.5 Å². The summed E-state index contributed by atoms with van der Waals surface area (Å²) in [7, 11) is 0. The molecule has 242 valence electrons. The third kappa shape index (κ3) is 7.80. The molecule has 5 atom stereocenters. The van der Waals surface area contributed by atoms with E-state index in [1.54, 1.807) is 0 Å². The van der Waals surface area contributed by atoms with E-state index in [0.717, 1.165) is 45.7 Å². The number of benzene rings is 3. The lowest BCUT2D eigenvalue weighted by Crippen LogP contribution is -2.41. The van der Waals surface area contributed by atoms with Crippen molar-refractivity contribution in [2.45, 2.75) is 69.7 Å². The van der Waals surface area contributed by atoms with Crippen LogP contribution in [0.5, 0.6) is 0 Å². The number of imide groups is 1. The summed E-state index contributed by atoms with van der Waals surface area (Å²) in [6, 6.07) is 23.3. The number of rotatable bonds is 10. The minimum atomic E-state index is -0.976. The van der Waals surface area contributed by atoms with Crippen molar-refractivity contribution >= 4 is 17.9 Å². The molecular formula is C35H39N3O8. The van der Waals surface area contributed by atoms with Gasteiger partial charge in [-0.2, -0.15) is 0 Å². The topological polar surface area (TPSA) is 138 Å². The van der Waals surface area contributed by atoms with E-state index in [9.17, 15) is 24.6 Å². The molecule has 0 radical (unpaired) electrons. The lowest BCUT2D eigenvalue weighted by atomic mass is 9.99. The van der Waals surface area contributed by atoms with Crippen LogP contribution in [0, 0.1) is 0 Å². The summed E-state index contributed by atoms with van der Waals surface area (Å²) in [5.41, 5.74) is 4.17. The predicted molar refractivity (Wildman–Crippen MR) is 166 cm³/mol. The van der Waals surface area contributed by atoms with Crippen LogP contribution in [-0.4, -0.2) is 75.8 Å². The van der Waals surface area contributed by atoms with E-state index in [4.69, 9.17) is 14.2 Å². The van der Waals surface area contributed by atoms with Gasteiger partial charge in [0.15, 0.2) is 6.29 Å². The fourth-order valence-electron chi connectivity index (χ4n) is 6.13. The summed E-state index contributed by atoms with van der Waals surface area (Å²) in [6.07, 6.45) is -0.812. The number of hydrogen-bond donors (Lipinski definition) is 3. The van der Waals surface area contributed by atoms with Gasteiger partial charge in [0.25, 0.3) is 5.91 Å². The standard InChI is InChI=1S/C35H39N3O8/c39-21-24-8-10-26(11-9-24)31-16-29(20-37-15-14-28(40)19-37)45-34(46-31)27-12-6-23(7-13-27)18-38-32(41)17-30(33(38)42)36-35(43)44-22-25-4-2-1-3-5-25/h1-13,28-31,34,39-40H,14-22H2,(H,36,43)/t28-,29-,30?,31+,34+/m0/s1. The first-order valence-electron chi connectivity index (χ1n) is 15.7. The SMILES string of the molecule is O=C(NC1CC(=O)N(Cc2ccc([C@@H]3O[C@H](CN4CC[C@H](O)C4)C[C@H](c4ccc(CO)cc4)O3)cc2)C1=O)OCc1ccccc1. The maximum Gasteiger partial charge on any atom is 0.408 e. The molecule has 3 amide bonds. The number of carbonyl (C=O) groups excluding carboxylic acids is 3. The maximum absolute atomic E-state index is 13.0. The van der Waals surface area contributed by atoms with Crippen molar-refractivity contribution in [3.8, 4) is 0 Å². The third-order valence-corrected chi connectivity index (χ3v) is 8.67. The van der Waals surface area contributed by atoms with Crippen molar-refractivity contribution in [2.75, 3.05) is 19.6 Å². The Kier molecular flexibility index (Phi) is 10.1. The van der Waals surface area contributed by atoms with Crippen LogP contribution < -0.4 is 5.32 Å². The molecule has 3 aromatic carbocycles. The minimum absolute atomic E-state index is 0.0309. The van der Waals surface area contributed by atoms with Crippen molar-refractivity contribution in [1.29, 1.82) is 0 Å². The molecule has 3 saturated heterocycles. The summed E-state index contributed by atoms with van der Waals surface area (Å²) in [5.74, 6) is -0.846. The largest absolute Gasteiger partial charge is 0.445 e. The lowest BCUT2D eigenvalue weighted by Gasteiger charge is -2.38. The molecule has 0 saturated carbocycles. The molecule has 46 heavy (non-hydrogen) atoms. The van der Waals surface area contributed by atoms with Crippen molar-refractivity contribution in [2.24, 2.45) is 0 Å². The molecule has 6 rings (SSSR count). The number of likely N-dealkylation sites (tertiary alicyclic amines) is 2. The molecule has 3 aliphatic heterocycles. The van der Waals surface area contributed by atoms with Crippen LogP contribution in [-0.2, 0) is 43.6 Å². The number of carbonyl (C=O) groups is 3. The molecule has 0 bridgehead atoms. The van der Waals surface area contributed by atoms with Crippen molar-refractivity contribution in [1.82, 2.24) is 15.1 Å². The Morgan fingerprint density at radius 3 is 2.33 bits per heavy atom. The molecule has 0 aromatic heterocycles. The van der Waals surface area contributed by atoms with Gasteiger partial charge in [0.2, 0.25) is 5.91 Å². The van der Waals surface area contributed by atoms with Crippen molar-refractivity contribution in [3.63, 3.8) is 0 Å². The van der Waals surface area contributed by atoms with Crippen LogP contribution in [0.3, 0.4) is 0 Å². The smallest absolute Gasteiger partial charge is 0.408 e. The predicted octanol–water partition coefficient (Wildman–Crippen LogP) is 3.34. The van der Waals surface area contributed by atoms with Gasteiger partial charge < -0.3 is 29.7 Å². The number of alkyl carbamates (subject to hydrolysis) is 1. The first kappa shape index (κ1) is 31.8. The van der Waals surface area contributed by atoms with Gasteiger partial charge in [-0.15, -0.1) is 0 Å². The molecular weight excluding hydrogens is 590 g/mol. The second-order valence-electron chi connectivity index (χ2n) is 12.1. The Morgan fingerprint density at radius 2 is 1.63 bits per heavy atom. The van der Waals surface area contributed by atoms with Gasteiger partial charge in [0.1, 0.15) is 12.6 Å². The fourth-order valence-corrected chi connectivity index (χ4v) is 6.13. The second kappa shape index (κ2) is 14.5. The van der Waals surface area contributed by atoms with Gasteiger partial charge in [0, 0.05) is 31.6 Å². The number of amides is 3.